The van der Waals surface area contributed by atoms with Crippen molar-refractivity contribution in [2.75, 3.05) is 0 Å². The van der Waals surface area contributed by atoms with Crippen molar-refractivity contribution < 1.29 is 19.4 Å². The van der Waals surface area contributed by atoms with Gasteiger partial charge in [-0.05, 0) is 64.2 Å². The minimum Gasteiger partial charge on any atom is -0.481 e. The van der Waals surface area contributed by atoms with Gasteiger partial charge in [0.2, 0.25) is 0 Å². The van der Waals surface area contributed by atoms with E-state index in [1.807, 2.05) is 0 Å². The smallest absolute Gasteiger partial charge is 0.306 e. The van der Waals surface area contributed by atoms with Crippen molar-refractivity contribution in [1.29, 1.82) is 0 Å². The minimum absolute atomic E-state index is 0.0162. The Labute approximate surface area is 275 Å². The third kappa shape index (κ3) is 35.2. The molecule has 0 aromatic rings. The highest BCUT2D eigenvalue weighted by molar-refractivity contribution is 5.69. The second kappa shape index (κ2) is 36.2. The Morgan fingerprint density at radius 1 is 0.477 bits per heavy atom. The zero-order chi connectivity index (χ0) is 32.2. The summed E-state index contributed by atoms with van der Waals surface area (Å²) in [6, 6.07) is 0. The zero-order valence-electron chi connectivity index (χ0n) is 29.7. The van der Waals surface area contributed by atoms with Crippen LogP contribution in [0, 0.1) is 0 Å². The van der Waals surface area contributed by atoms with Crippen LogP contribution < -0.4 is 0 Å². The molecule has 260 valence electrons. The van der Waals surface area contributed by atoms with E-state index < -0.39 is 5.97 Å². The summed E-state index contributed by atoms with van der Waals surface area (Å²) in [6.45, 7) is 4.54. The lowest BCUT2D eigenvalue weighted by atomic mass is 10.0. The maximum absolute atomic E-state index is 12.7. The van der Waals surface area contributed by atoms with Crippen LogP contribution in [0.1, 0.15) is 226 Å². The van der Waals surface area contributed by atoms with Gasteiger partial charge in [0, 0.05) is 12.8 Å². The molecule has 0 rings (SSSR count). The second-order valence-electron chi connectivity index (χ2n) is 13.5. The van der Waals surface area contributed by atoms with Crippen LogP contribution in [0.25, 0.3) is 0 Å². The Morgan fingerprint density at radius 2 is 0.818 bits per heavy atom. The van der Waals surface area contributed by atoms with Gasteiger partial charge in [0.15, 0.2) is 0 Å². The standard InChI is InChI=1S/C40H76O4/c1-3-5-7-9-11-13-15-16-18-20-25-29-33-37-40(43)44-38(35-31-27-23-21-24-28-32-36-39(41)42)34-30-26-22-19-17-14-12-10-8-6-4-2/h13,15,38H,3-12,14,16-37H2,1-2H3,(H,41,42)/b15-13-. The van der Waals surface area contributed by atoms with Crippen molar-refractivity contribution in [2.45, 2.75) is 232 Å². The van der Waals surface area contributed by atoms with Crippen LogP contribution >= 0.6 is 0 Å². The quantitative estimate of drug-likeness (QED) is 0.0430. The molecule has 0 amide bonds. The van der Waals surface area contributed by atoms with Gasteiger partial charge in [-0.25, -0.2) is 0 Å². The molecule has 1 atom stereocenters. The molecule has 1 unspecified atom stereocenters. The molecular formula is C40H76O4. The summed E-state index contributed by atoms with van der Waals surface area (Å²) in [7, 11) is 0. The molecular weight excluding hydrogens is 544 g/mol. The average molecular weight is 621 g/mol. The highest BCUT2D eigenvalue weighted by atomic mass is 16.5. The lowest BCUT2D eigenvalue weighted by molar-refractivity contribution is -0.150. The molecule has 0 fully saturated rings. The number of esters is 1. The van der Waals surface area contributed by atoms with Gasteiger partial charge in [0.25, 0.3) is 0 Å². The Balaban J connectivity index is 4.08. The number of carboxylic acid groups (broad SMARTS) is 1. The van der Waals surface area contributed by atoms with Crippen molar-refractivity contribution in [1.82, 2.24) is 0 Å². The van der Waals surface area contributed by atoms with Gasteiger partial charge < -0.3 is 9.84 Å². The van der Waals surface area contributed by atoms with Gasteiger partial charge in [-0.15, -0.1) is 0 Å². The SMILES string of the molecule is CCCCCC/C=C\CCCCCCCC(=O)OC(CCCCCCCCCCCCC)CCCCCCCCCC(=O)O. The van der Waals surface area contributed by atoms with E-state index in [4.69, 9.17) is 9.84 Å². The third-order valence-electron chi connectivity index (χ3n) is 8.99. The van der Waals surface area contributed by atoms with Gasteiger partial charge in [-0.3, -0.25) is 9.59 Å². The molecule has 0 radical (unpaired) electrons. The predicted octanol–water partition coefficient (Wildman–Crippen LogP) is 13.5. The van der Waals surface area contributed by atoms with Crippen molar-refractivity contribution in [3.63, 3.8) is 0 Å². The molecule has 0 aliphatic carbocycles. The Kier molecular flexibility index (Phi) is 35.1. The average Bonchev–Trinajstić information content (AvgIpc) is 3.01. The number of carbonyl (C=O) groups is 2. The molecule has 4 nitrogen and oxygen atoms in total. The monoisotopic (exact) mass is 621 g/mol. The van der Waals surface area contributed by atoms with E-state index in [1.165, 1.54) is 148 Å². The molecule has 0 saturated carbocycles. The number of hydrogen-bond acceptors (Lipinski definition) is 3. The normalized spacial score (nSPS) is 12.2. The molecule has 0 aliphatic rings. The molecule has 0 bridgehead atoms. The van der Waals surface area contributed by atoms with Crippen molar-refractivity contribution >= 4 is 11.9 Å². The number of unbranched alkanes of at least 4 members (excludes halogenated alkanes) is 25. The van der Waals surface area contributed by atoms with Gasteiger partial charge >= 0.3 is 11.9 Å². The van der Waals surface area contributed by atoms with E-state index in [2.05, 4.69) is 26.0 Å². The van der Waals surface area contributed by atoms with Crippen LogP contribution in [0.15, 0.2) is 12.2 Å². The second-order valence-corrected chi connectivity index (χ2v) is 13.5. The molecule has 1 N–H and O–H groups in total. The predicted molar refractivity (Wildman–Crippen MR) is 190 cm³/mol. The number of ether oxygens (including phenoxy) is 1. The highest BCUT2D eigenvalue weighted by Crippen LogP contribution is 2.19. The molecule has 0 aromatic carbocycles. The van der Waals surface area contributed by atoms with Crippen molar-refractivity contribution in [2.24, 2.45) is 0 Å². The number of hydrogen-bond donors (Lipinski definition) is 1. The summed E-state index contributed by atoms with van der Waals surface area (Å²) in [5.41, 5.74) is 0. The van der Waals surface area contributed by atoms with E-state index in [0.29, 0.717) is 12.8 Å². The Bertz CT molecular complexity index is 629. The molecule has 0 spiro atoms. The lowest BCUT2D eigenvalue weighted by Crippen LogP contribution is -2.18. The maximum atomic E-state index is 12.7. The number of rotatable bonds is 36. The lowest BCUT2D eigenvalue weighted by Gasteiger charge is -2.18. The molecule has 0 aliphatic heterocycles. The first kappa shape index (κ1) is 42.7. The summed E-state index contributed by atoms with van der Waals surface area (Å²) in [5, 5.41) is 8.76. The largest absolute Gasteiger partial charge is 0.481 e. The highest BCUT2D eigenvalue weighted by Gasteiger charge is 2.14. The van der Waals surface area contributed by atoms with E-state index in [0.717, 1.165) is 51.4 Å². The van der Waals surface area contributed by atoms with Crippen LogP contribution in [0.4, 0.5) is 0 Å². The van der Waals surface area contributed by atoms with Crippen LogP contribution in [0.2, 0.25) is 0 Å². The third-order valence-corrected chi connectivity index (χ3v) is 8.99. The van der Waals surface area contributed by atoms with Crippen LogP contribution in [0.3, 0.4) is 0 Å². The number of carboxylic acids is 1. The number of aliphatic carboxylic acids is 1. The van der Waals surface area contributed by atoms with Crippen molar-refractivity contribution in [3.05, 3.63) is 12.2 Å². The fourth-order valence-corrected chi connectivity index (χ4v) is 6.06. The summed E-state index contributed by atoms with van der Waals surface area (Å²) < 4.78 is 6.03. The molecule has 0 heterocycles. The minimum atomic E-state index is -0.685. The molecule has 0 aromatic heterocycles. The maximum Gasteiger partial charge on any atom is 0.306 e. The van der Waals surface area contributed by atoms with E-state index in [-0.39, 0.29) is 12.1 Å². The van der Waals surface area contributed by atoms with E-state index in [9.17, 15) is 9.59 Å². The molecule has 4 heteroatoms. The fourth-order valence-electron chi connectivity index (χ4n) is 6.06. The first-order valence-corrected chi connectivity index (χ1v) is 19.7. The first-order valence-electron chi connectivity index (χ1n) is 19.7. The van der Waals surface area contributed by atoms with Crippen LogP contribution in [-0.2, 0) is 14.3 Å². The fraction of sp³-hybridized carbons (Fsp3) is 0.900. The van der Waals surface area contributed by atoms with Gasteiger partial charge in [-0.1, -0.05) is 161 Å². The summed E-state index contributed by atoms with van der Waals surface area (Å²) in [5.74, 6) is -0.669. The summed E-state index contributed by atoms with van der Waals surface area (Å²) in [6.07, 6.45) is 43.7. The number of carbonyl (C=O) groups excluding carboxylic acids is 1. The molecule has 44 heavy (non-hydrogen) atoms. The Morgan fingerprint density at radius 3 is 1.25 bits per heavy atom. The van der Waals surface area contributed by atoms with E-state index in [1.54, 1.807) is 0 Å². The Hall–Kier alpha value is -1.32. The summed E-state index contributed by atoms with van der Waals surface area (Å²) >= 11 is 0. The zero-order valence-corrected chi connectivity index (χ0v) is 29.7. The van der Waals surface area contributed by atoms with Gasteiger partial charge in [0.1, 0.15) is 6.10 Å². The van der Waals surface area contributed by atoms with Crippen LogP contribution in [0.5, 0.6) is 0 Å². The molecule has 0 saturated heterocycles. The van der Waals surface area contributed by atoms with Crippen LogP contribution in [-0.4, -0.2) is 23.1 Å². The van der Waals surface area contributed by atoms with Gasteiger partial charge in [0.05, 0.1) is 0 Å². The van der Waals surface area contributed by atoms with Crippen molar-refractivity contribution in [3.8, 4) is 0 Å². The van der Waals surface area contributed by atoms with E-state index >= 15 is 0 Å². The topological polar surface area (TPSA) is 63.6 Å². The number of allylic oxidation sites excluding steroid dienone is 2. The summed E-state index contributed by atoms with van der Waals surface area (Å²) in [4.78, 5) is 23.3. The van der Waals surface area contributed by atoms with Gasteiger partial charge in [-0.2, -0.15) is 0 Å². The first-order chi connectivity index (χ1) is 21.6.